The molecule has 1 atom stereocenters. The molecule has 2 aromatic carbocycles. The number of benzene rings is 2. The van der Waals surface area contributed by atoms with Crippen molar-refractivity contribution in [1.82, 2.24) is 14.7 Å². The van der Waals surface area contributed by atoms with Crippen LogP contribution in [0.2, 0.25) is 0 Å². The normalized spacial score (nSPS) is 17.0. The zero-order chi connectivity index (χ0) is 17.1. The molecule has 1 aliphatic heterocycles. The molecule has 0 N–H and O–H groups in total. The predicted molar refractivity (Wildman–Crippen MR) is 97.8 cm³/mol. The number of likely N-dealkylation sites (tertiary alicyclic amines) is 1. The van der Waals surface area contributed by atoms with Gasteiger partial charge in [0.2, 0.25) is 0 Å². The van der Waals surface area contributed by atoms with Gasteiger partial charge < -0.3 is 4.90 Å². The van der Waals surface area contributed by atoms with E-state index < -0.39 is 0 Å². The van der Waals surface area contributed by atoms with Gasteiger partial charge in [-0.05, 0) is 37.0 Å². The minimum absolute atomic E-state index is 0.0839. The molecule has 1 unspecified atom stereocenters. The lowest BCUT2D eigenvalue weighted by atomic mass is 10.0. The summed E-state index contributed by atoms with van der Waals surface area (Å²) in [5, 5.41) is 4.36. The molecule has 126 valence electrons. The number of hydrogen-bond donors (Lipinski definition) is 0. The Kier molecular flexibility index (Phi) is 4.34. The second-order valence-electron chi connectivity index (χ2n) is 6.49. The molecule has 4 rings (SSSR count). The average molecular weight is 331 g/mol. The summed E-state index contributed by atoms with van der Waals surface area (Å²) in [5.74, 6) is 0.0839. The Morgan fingerprint density at radius 2 is 1.76 bits per heavy atom. The highest BCUT2D eigenvalue weighted by Crippen LogP contribution is 2.23. The second-order valence-corrected chi connectivity index (χ2v) is 6.49. The molecule has 4 nitrogen and oxygen atoms in total. The van der Waals surface area contributed by atoms with E-state index in [0.717, 1.165) is 31.5 Å². The number of para-hydroxylation sites is 1. The molecule has 0 bridgehead atoms. The van der Waals surface area contributed by atoms with Crippen LogP contribution in [0, 0.1) is 0 Å². The number of carbonyl (C=O) groups excluding carboxylic acids is 1. The summed E-state index contributed by atoms with van der Waals surface area (Å²) in [6, 6.07) is 20.5. The summed E-state index contributed by atoms with van der Waals surface area (Å²) in [6.07, 6.45) is 6.55. The first-order valence-corrected chi connectivity index (χ1v) is 8.76. The molecule has 25 heavy (non-hydrogen) atoms. The summed E-state index contributed by atoms with van der Waals surface area (Å²) in [7, 11) is 0. The first kappa shape index (κ1) is 15.6. The molecule has 1 aromatic heterocycles. The number of nitrogens with zero attached hydrogens (tertiary/aromatic N) is 3. The van der Waals surface area contributed by atoms with Gasteiger partial charge in [-0.25, -0.2) is 4.68 Å². The molecule has 1 fully saturated rings. The fraction of sp³-hybridized carbons (Fsp3) is 0.238. The summed E-state index contributed by atoms with van der Waals surface area (Å²) in [5.41, 5.74) is 2.90. The first-order chi connectivity index (χ1) is 12.3. The smallest absolute Gasteiger partial charge is 0.257 e. The molecular formula is C21H21N3O. The molecule has 3 aromatic rings. The maximum Gasteiger partial charge on any atom is 0.257 e. The number of hydrogen-bond acceptors (Lipinski definition) is 2. The van der Waals surface area contributed by atoms with E-state index in [1.807, 2.05) is 47.5 Å². The molecular weight excluding hydrogens is 310 g/mol. The van der Waals surface area contributed by atoms with Gasteiger partial charge in [0.1, 0.15) is 0 Å². The van der Waals surface area contributed by atoms with Crippen LogP contribution in [0.1, 0.15) is 28.8 Å². The Morgan fingerprint density at radius 3 is 2.52 bits per heavy atom. The van der Waals surface area contributed by atoms with Gasteiger partial charge in [0.25, 0.3) is 5.91 Å². The molecule has 1 amide bonds. The first-order valence-electron chi connectivity index (χ1n) is 8.76. The van der Waals surface area contributed by atoms with Gasteiger partial charge in [-0.3, -0.25) is 4.79 Å². The topological polar surface area (TPSA) is 38.1 Å². The van der Waals surface area contributed by atoms with Gasteiger partial charge in [-0.15, -0.1) is 0 Å². The van der Waals surface area contributed by atoms with Gasteiger partial charge in [-0.2, -0.15) is 5.10 Å². The van der Waals surface area contributed by atoms with E-state index in [0.29, 0.717) is 5.56 Å². The van der Waals surface area contributed by atoms with Crippen molar-refractivity contribution in [3.63, 3.8) is 0 Å². The third-order valence-electron chi connectivity index (χ3n) is 4.80. The fourth-order valence-corrected chi connectivity index (χ4v) is 3.52. The number of carbonyl (C=O) groups is 1. The lowest BCUT2D eigenvalue weighted by Crippen LogP contribution is -2.36. The molecule has 0 saturated carbocycles. The molecule has 0 radical (unpaired) electrons. The van der Waals surface area contributed by atoms with Crippen LogP contribution in [0.3, 0.4) is 0 Å². The lowest BCUT2D eigenvalue weighted by molar-refractivity contribution is 0.0736. The Hall–Kier alpha value is -2.88. The third-order valence-corrected chi connectivity index (χ3v) is 4.80. The molecule has 0 spiro atoms. The van der Waals surface area contributed by atoms with Gasteiger partial charge >= 0.3 is 0 Å². The molecule has 2 heterocycles. The van der Waals surface area contributed by atoms with Crippen LogP contribution in [0.15, 0.2) is 73.1 Å². The second kappa shape index (κ2) is 6.93. The van der Waals surface area contributed by atoms with Crippen LogP contribution in [0.4, 0.5) is 0 Å². The largest absolute Gasteiger partial charge is 0.335 e. The Bertz CT molecular complexity index is 842. The van der Waals surface area contributed by atoms with E-state index >= 15 is 0 Å². The van der Waals surface area contributed by atoms with Crippen LogP contribution >= 0.6 is 0 Å². The monoisotopic (exact) mass is 331 g/mol. The zero-order valence-corrected chi connectivity index (χ0v) is 14.1. The van der Waals surface area contributed by atoms with Crippen LogP contribution in [0.5, 0.6) is 0 Å². The van der Waals surface area contributed by atoms with Crippen molar-refractivity contribution in [2.45, 2.75) is 25.3 Å². The molecule has 4 heteroatoms. The fourth-order valence-electron chi connectivity index (χ4n) is 3.52. The summed E-state index contributed by atoms with van der Waals surface area (Å²) in [6.45, 7) is 0.826. The van der Waals surface area contributed by atoms with Crippen molar-refractivity contribution >= 4 is 5.91 Å². The van der Waals surface area contributed by atoms with Crippen LogP contribution in [0.25, 0.3) is 5.69 Å². The Labute approximate surface area is 147 Å². The number of rotatable bonds is 4. The van der Waals surface area contributed by atoms with Crippen molar-refractivity contribution in [1.29, 1.82) is 0 Å². The van der Waals surface area contributed by atoms with Crippen molar-refractivity contribution in [2.75, 3.05) is 6.54 Å². The molecule has 1 aliphatic rings. The Morgan fingerprint density at radius 1 is 1.04 bits per heavy atom. The van der Waals surface area contributed by atoms with Gasteiger partial charge in [0.05, 0.1) is 17.4 Å². The van der Waals surface area contributed by atoms with E-state index in [2.05, 4.69) is 29.4 Å². The van der Waals surface area contributed by atoms with Crippen LogP contribution in [-0.2, 0) is 6.42 Å². The predicted octanol–water partition coefficient (Wildman–Crippen LogP) is 3.72. The minimum Gasteiger partial charge on any atom is -0.335 e. The van der Waals surface area contributed by atoms with Gasteiger partial charge in [0, 0.05) is 18.8 Å². The third kappa shape index (κ3) is 3.33. The maximum atomic E-state index is 13.0. The van der Waals surface area contributed by atoms with E-state index in [-0.39, 0.29) is 11.9 Å². The molecule has 1 saturated heterocycles. The standard InChI is InChI=1S/C21H21N3O/c25-21(18-15-22-24(16-18)19-10-5-2-6-11-19)23-13-7-12-20(23)14-17-8-3-1-4-9-17/h1-6,8-11,15-16,20H,7,12-14H2. The highest BCUT2D eigenvalue weighted by molar-refractivity contribution is 5.94. The van der Waals surface area contributed by atoms with Gasteiger partial charge in [0.15, 0.2) is 0 Å². The average Bonchev–Trinajstić information content (AvgIpc) is 3.32. The van der Waals surface area contributed by atoms with Gasteiger partial charge in [-0.1, -0.05) is 48.5 Å². The number of amides is 1. The van der Waals surface area contributed by atoms with Crippen molar-refractivity contribution < 1.29 is 4.79 Å². The van der Waals surface area contributed by atoms with E-state index in [1.165, 1.54) is 5.56 Å². The summed E-state index contributed by atoms with van der Waals surface area (Å²) < 4.78 is 1.76. The number of aromatic nitrogens is 2. The maximum absolute atomic E-state index is 13.0. The van der Waals surface area contributed by atoms with Crippen LogP contribution < -0.4 is 0 Å². The van der Waals surface area contributed by atoms with Crippen molar-refractivity contribution in [3.05, 3.63) is 84.2 Å². The lowest BCUT2D eigenvalue weighted by Gasteiger charge is -2.24. The van der Waals surface area contributed by atoms with Crippen LogP contribution in [-0.4, -0.2) is 33.2 Å². The highest BCUT2D eigenvalue weighted by Gasteiger charge is 2.30. The Balaban J connectivity index is 1.51. The summed E-state index contributed by atoms with van der Waals surface area (Å²) in [4.78, 5) is 15.0. The van der Waals surface area contributed by atoms with E-state index in [1.54, 1.807) is 10.9 Å². The van der Waals surface area contributed by atoms with Crippen molar-refractivity contribution in [3.8, 4) is 5.69 Å². The highest BCUT2D eigenvalue weighted by atomic mass is 16.2. The zero-order valence-electron chi connectivity index (χ0n) is 14.1. The minimum atomic E-state index is 0.0839. The molecule has 0 aliphatic carbocycles. The summed E-state index contributed by atoms with van der Waals surface area (Å²) >= 11 is 0. The van der Waals surface area contributed by atoms with E-state index in [9.17, 15) is 4.79 Å². The SMILES string of the molecule is O=C(c1cnn(-c2ccccc2)c1)N1CCCC1Cc1ccccc1. The van der Waals surface area contributed by atoms with Crippen molar-refractivity contribution in [2.24, 2.45) is 0 Å². The quantitative estimate of drug-likeness (QED) is 0.731. The van der Waals surface area contributed by atoms with E-state index in [4.69, 9.17) is 0 Å².